The Morgan fingerprint density at radius 3 is 1.51 bits per heavy atom. The van der Waals surface area contributed by atoms with Crippen LogP contribution in [-0.2, 0) is 28.7 Å². The molecule has 12 nitrogen and oxygen atoms in total. The first kappa shape index (κ1) is 32.2. The molecule has 12 heteroatoms. The molecule has 1 unspecified atom stereocenters. The Morgan fingerprint density at radius 1 is 0.651 bits per heavy atom. The second-order valence-corrected chi connectivity index (χ2v) is 8.81. The van der Waals surface area contributed by atoms with Gasteiger partial charge in [0.05, 0.1) is 11.1 Å². The van der Waals surface area contributed by atoms with Crippen molar-refractivity contribution in [3.05, 3.63) is 114 Å². The number of ether oxygens (including phenoxy) is 6. The summed E-state index contributed by atoms with van der Waals surface area (Å²) in [6.45, 7) is 9.10. The molecule has 0 radical (unpaired) electrons. The lowest BCUT2D eigenvalue weighted by molar-refractivity contribution is -0.360. The summed E-state index contributed by atoms with van der Waals surface area (Å²) in [5, 5.41) is 9.11. The van der Waals surface area contributed by atoms with Crippen LogP contribution in [0.25, 0.3) is 0 Å². The van der Waals surface area contributed by atoms with E-state index in [1.165, 1.54) is 86.6 Å². The first-order valence-electron chi connectivity index (χ1n) is 12.5. The van der Waals surface area contributed by atoms with Crippen LogP contribution in [0, 0.1) is 0 Å². The van der Waals surface area contributed by atoms with Gasteiger partial charge in [-0.1, -0.05) is 25.3 Å². The number of esters is 4. The highest BCUT2D eigenvalue weighted by atomic mass is 17.1. The van der Waals surface area contributed by atoms with Gasteiger partial charge in [0.25, 0.3) is 0 Å². The van der Waals surface area contributed by atoms with Crippen LogP contribution in [0.1, 0.15) is 46.4 Å². The SMILES string of the molecule is C=C(C)C(=O)OCOc1ccc(C(=O)Oc2ccc(OC(=O)c3ccc(C(OO)OCOC(=O)C(=C)C)cc3)cc2)cc1. The topological polar surface area (TPSA) is 153 Å². The van der Waals surface area contributed by atoms with Gasteiger partial charge in [0.2, 0.25) is 13.1 Å². The van der Waals surface area contributed by atoms with Gasteiger partial charge in [-0.25, -0.2) is 29.3 Å². The van der Waals surface area contributed by atoms with Gasteiger partial charge < -0.3 is 28.4 Å². The minimum atomic E-state index is -1.28. The summed E-state index contributed by atoms with van der Waals surface area (Å²) in [6.07, 6.45) is -1.28. The maximum atomic E-state index is 12.6. The highest BCUT2D eigenvalue weighted by Gasteiger charge is 2.16. The largest absolute Gasteiger partial charge is 0.457 e. The molecular weight excluding hydrogens is 564 g/mol. The summed E-state index contributed by atoms with van der Waals surface area (Å²) in [7, 11) is 0. The molecule has 0 aliphatic carbocycles. The fraction of sp³-hybridized carbons (Fsp3) is 0.161. The molecule has 0 spiro atoms. The van der Waals surface area contributed by atoms with E-state index >= 15 is 0 Å². The number of hydrogen-bond acceptors (Lipinski definition) is 12. The van der Waals surface area contributed by atoms with Crippen molar-refractivity contribution in [2.75, 3.05) is 13.6 Å². The van der Waals surface area contributed by atoms with Gasteiger partial charge in [0.1, 0.15) is 17.2 Å². The fourth-order valence-corrected chi connectivity index (χ4v) is 3.11. The molecule has 224 valence electrons. The number of hydrogen-bond donors (Lipinski definition) is 1. The fourth-order valence-electron chi connectivity index (χ4n) is 3.11. The summed E-state index contributed by atoms with van der Waals surface area (Å²) in [5.41, 5.74) is 1.20. The molecule has 0 aliphatic rings. The molecular formula is C31H28O12. The molecule has 1 atom stereocenters. The first-order chi connectivity index (χ1) is 20.6. The predicted octanol–water partition coefficient (Wildman–Crippen LogP) is 5.16. The molecule has 1 N–H and O–H groups in total. The third-order valence-electron chi connectivity index (χ3n) is 5.37. The molecule has 0 bridgehead atoms. The second-order valence-electron chi connectivity index (χ2n) is 8.81. The lowest BCUT2D eigenvalue weighted by atomic mass is 10.1. The molecule has 0 aliphatic heterocycles. The summed E-state index contributed by atoms with van der Waals surface area (Å²) in [4.78, 5) is 52.1. The van der Waals surface area contributed by atoms with E-state index in [4.69, 9.17) is 33.7 Å². The van der Waals surface area contributed by atoms with Gasteiger partial charge >= 0.3 is 23.9 Å². The standard InChI is InChI=1S/C31H28O12/c1-19(2)27(32)38-17-37-24-11-9-22(10-12-24)30(35)42-26-15-13-25(14-16-26)41-29(34)21-5-7-23(8-6-21)31(43-36)40-18-39-28(33)20(3)4/h5-16,31,36H,1,3,17-18H2,2,4H3. The quantitative estimate of drug-likeness (QED) is 0.0657. The maximum Gasteiger partial charge on any atom is 0.343 e. The van der Waals surface area contributed by atoms with Gasteiger partial charge in [-0.15, -0.1) is 0 Å². The third kappa shape index (κ3) is 9.93. The van der Waals surface area contributed by atoms with Crippen LogP contribution in [0.15, 0.2) is 97.1 Å². The highest BCUT2D eigenvalue weighted by molar-refractivity contribution is 5.92. The van der Waals surface area contributed by atoms with Gasteiger partial charge in [-0.05, 0) is 74.5 Å². The molecule has 0 fully saturated rings. The van der Waals surface area contributed by atoms with E-state index < -0.39 is 37.0 Å². The van der Waals surface area contributed by atoms with Crippen molar-refractivity contribution in [3.63, 3.8) is 0 Å². The van der Waals surface area contributed by atoms with Gasteiger partial charge in [0, 0.05) is 16.7 Å². The Bertz CT molecular complexity index is 1460. The Balaban J connectivity index is 1.49. The van der Waals surface area contributed by atoms with Crippen LogP contribution in [0.2, 0.25) is 0 Å². The first-order valence-corrected chi connectivity index (χ1v) is 12.5. The molecule has 0 saturated carbocycles. The molecule has 0 amide bonds. The van der Waals surface area contributed by atoms with Gasteiger partial charge in [-0.3, -0.25) is 0 Å². The maximum absolute atomic E-state index is 12.6. The molecule has 3 aromatic carbocycles. The Morgan fingerprint density at radius 2 is 1.07 bits per heavy atom. The van der Waals surface area contributed by atoms with Crippen LogP contribution in [0.5, 0.6) is 17.2 Å². The zero-order valence-corrected chi connectivity index (χ0v) is 23.3. The summed E-state index contributed by atoms with van der Waals surface area (Å²) < 4.78 is 30.8. The van der Waals surface area contributed by atoms with Crippen molar-refractivity contribution in [1.82, 2.24) is 0 Å². The van der Waals surface area contributed by atoms with Gasteiger partial charge in [-0.2, -0.15) is 0 Å². The smallest absolute Gasteiger partial charge is 0.343 e. The number of benzene rings is 3. The van der Waals surface area contributed by atoms with E-state index in [1.54, 1.807) is 0 Å². The van der Waals surface area contributed by atoms with Crippen molar-refractivity contribution in [2.45, 2.75) is 20.1 Å². The van der Waals surface area contributed by atoms with Gasteiger partial charge in [0.15, 0.2) is 6.79 Å². The second kappa shape index (κ2) is 15.6. The molecule has 0 aromatic heterocycles. The number of rotatable bonds is 14. The van der Waals surface area contributed by atoms with Crippen molar-refractivity contribution in [3.8, 4) is 17.2 Å². The minimum Gasteiger partial charge on any atom is -0.457 e. The van der Waals surface area contributed by atoms with Crippen molar-refractivity contribution >= 4 is 23.9 Å². The normalized spacial score (nSPS) is 11.0. The highest BCUT2D eigenvalue weighted by Crippen LogP contribution is 2.22. The number of carbonyl (C=O) groups is 4. The minimum absolute atomic E-state index is 0.180. The van der Waals surface area contributed by atoms with Crippen molar-refractivity contribution < 1.29 is 57.7 Å². The third-order valence-corrected chi connectivity index (χ3v) is 5.37. The van der Waals surface area contributed by atoms with Crippen LogP contribution in [0.3, 0.4) is 0 Å². The van der Waals surface area contributed by atoms with Crippen LogP contribution >= 0.6 is 0 Å². The average Bonchev–Trinajstić information content (AvgIpc) is 3.00. The average molecular weight is 593 g/mol. The molecule has 3 aromatic rings. The van der Waals surface area contributed by atoms with E-state index in [1.807, 2.05) is 0 Å². The zero-order chi connectivity index (χ0) is 31.4. The summed E-state index contributed by atoms with van der Waals surface area (Å²) >= 11 is 0. The lowest BCUT2D eigenvalue weighted by Gasteiger charge is -2.15. The van der Waals surface area contributed by atoms with Crippen LogP contribution in [0.4, 0.5) is 0 Å². The van der Waals surface area contributed by atoms with E-state index in [2.05, 4.69) is 18.0 Å². The molecule has 0 heterocycles. The monoisotopic (exact) mass is 592 g/mol. The number of carbonyl (C=O) groups excluding carboxylic acids is 4. The zero-order valence-electron chi connectivity index (χ0n) is 23.3. The molecule has 43 heavy (non-hydrogen) atoms. The van der Waals surface area contributed by atoms with E-state index in [0.29, 0.717) is 11.3 Å². The van der Waals surface area contributed by atoms with Crippen molar-refractivity contribution in [1.29, 1.82) is 0 Å². The summed E-state index contributed by atoms with van der Waals surface area (Å²) in [6, 6.07) is 17.6. The Hall–Kier alpha value is -5.30. The lowest BCUT2D eigenvalue weighted by Crippen LogP contribution is -2.14. The Kier molecular flexibility index (Phi) is 11.7. The van der Waals surface area contributed by atoms with Crippen LogP contribution < -0.4 is 14.2 Å². The Labute approximate surface area is 246 Å². The molecule has 0 saturated heterocycles. The summed E-state index contributed by atoms with van der Waals surface area (Å²) in [5.74, 6) is -1.76. The van der Waals surface area contributed by atoms with Crippen molar-refractivity contribution in [2.24, 2.45) is 0 Å². The van der Waals surface area contributed by atoms with Crippen LogP contribution in [-0.4, -0.2) is 42.7 Å². The molecule has 3 rings (SSSR count). The van der Waals surface area contributed by atoms with E-state index in [-0.39, 0.29) is 40.6 Å². The van der Waals surface area contributed by atoms with E-state index in [9.17, 15) is 19.2 Å². The van der Waals surface area contributed by atoms with E-state index in [0.717, 1.165) is 0 Å². The predicted molar refractivity (Wildman–Crippen MR) is 149 cm³/mol.